The zero-order valence-corrected chi connectivity index (χ0v) is 12.1. The smallest absolute Gasteiger partial charge is 0.126 e. The van der Waals surface area contributed by atoms with E-state index in [0.717, 1.165) is 24.2 Å². The molecule has 0 bridgehead atoms. The topological polar surface area (TPSA) is 38.3 Å². The molecule has 2 aromatic rings. The molecule has 1 N–H and O–H groups in total. The van der Waals surface area contributed by atoms with Crippen LogP contribution in [0.25, 0.3) is 10.8 Å². The summed E-state index contributed by atoms with van der Waals surface area (Å²) in [6.07, 6.45) is 1.73. The van der Waals surface area contributed by atoms with E-state index in [1.807, 2.05) is 18.2 Å². The highest BCUT2D eigenvalue weighted by molar-refractivity contribution is 7.84. The summed E-state index contributed by atoms with van der Waals surface area (Å²) in [5, 5.41) is 5.66. The zero-order chi connectivity index (χ0) is 13.7. The summed E-state index contributed by atoms with van der Waals surface area (Å²) in [5.74, 6) is 1.59. The molecule has 0 spiro atoms. The second-order valence-electron chi connectivity index (χ2n) is 4.43. The largest absolute Gasteiger partial charge is 0.496 e. The second kappa shape index (κ2) is 6.68. The van der Waals surface area contributed by atoms with Crippen molar-refractivity contribution in [1.29, 1.82) is 0 Å². The van der Waals surface area contributed by atoms with Crippen LogP contribution < -0.4 is 10.1 Å². The van der Waals surface area contributed by atoms with Gasteiger partial charge in [-0.15, -0.1) is 0 Å². The van der Waals surface area contributed by atoms with Gasteiger partial charge in [-0.1, -0.05) is 30.3 Å². The maximum Gasteiger partial charge on any atom is 0.126 e. The van der Waals surface area contributed by atoms with E-state index in [9.17, 15) is 4.21 Å². The van der Waals surface area contributed by atoms with Crippen LogP contribution in [0, 0.1) is 0 Å². The minimum absolute atomic E-state index is 0.689. The Hall–Kier alpha value is -1.39. The normalized spacial score (nSPS) is 12.5. The molecular formula is C15H19NO2S. The molecule has 0 fully saturated rings. The van der Waals surface area contributed by atoms with Gasteiger partial charge in [-0.2, -0.15) is 0 Å². The molecule has 0 aliphatic heterocycles. The van der Waals surface area contributed by atoms with Crippen molar-refractivity contribution in [2.24, 2.45) is 0 Å². The highest BCUT2D eigenvalue weighted by atomic mass is 32.2. The van der Waals surface area contributed by atoms with Gasteiger partial charge >= 0.3 is 0 Å². The van der Waals surface area contributed by atoms with Crippen molar-refractivity contribution in [2.75, 3.05) is 25.7 Å². The predicted molar refractivity (Wildman–Crippen MR) is 81.1 cm³/mol. The molecule has 1 unspecified atom stereocenters. The van der Waals surface area contributed by atoms with Crippen molar-refractivity contribution < 1.29 is 8.95 Å². The van der Waals surface area contributed by atoms with Crippen molar-refractivity contribution in [3.63, 3.8) is 0 Å². The molecule has 2 rings (SSSR count). The number of hydrogen-bond acceptors (Lipinski definition) is 3. The van der Waals surface area contributed by atoms with E-state index in [1.54, 1.807) is 13.4 Å². The maximum absolute atomic E-state index is 11.0. The highest BCUT2D eigenvalue weighted by Gasteiger charge is 2.05. The van der Waals surface area contributed by atoms with Gasteiger partial charge < -0.3 is 10.1 Å². The number of methoxy groups -OCH3 is 1. The third kappa shape index (κ3) is 3.55. The SMILES string of the molecule is COc1ccc(CNCCS(C)=O)c2ccccc12. The number of benzene rings is 2. The summed E-state index contributed by atoms with van der Waals surface area (Å²) in [6, 6.07) is 12.3. The lowest BCUT2D eigenvalue weighted by atomic mass is 10.0. The predicted octanol–water partition coefficient (Wildman–Crippen LogP) is 2.32. The summed E-state index contributed by atoms with van der Waals surface area (Å²) in [7, 11) is 0.953. The fraction of sp³-hybridized carbons (Fsp3) is 0.333. The van der Waals surface area contributed by atoms with E-state index in [1.165, 1.54) is 10.9 Å². The lowest BCUT2D eigenvalue weighted by Gasteiger charge is -2.11. The van der Waals surface area contributed by atoms with Gasteiger partial charge in [0.25, 0.3) is 0 Å². The van der Waals surface area contributed by atoms with Crippen molar-refractivity contribution in [1.82, 2.24) is 5.32 Å². The first kappa shape index (κ1) is 14.0. The van der Waals surface area contributed by atoms with Crippen molar-refractivity contribution in [2.45, 2.75) is 6.54 Å². The zero-order valence-electron chi connectivity index (χ0n) is 11.3. The van der Waals surface area contributed by atoms with E-state index in [4.69, 9.17) is 4.74 Å². The standard InChI is InChI=1S/C15H19NO2S/c1-18-15-8-7-12(11-16-9-10-19(2)17)13-5-3-4-6-14(13)15/h3-8,16H,9-11H2,1-2H3. The second-order valence-corrected chi connectivity index (χ2v) is 5.98. The molecule has 0 radical (unpaired) electrons. The summed E-state index contributed by atoms with van der Waals surface area (Å²) in [6.45, 7) is 1.55. The van der Waals surface area contributed by atoms with Gasteiger partial charge in [-0.05, 0) is 17.0 Å². The minimum atomic E-state index is -0.738. The Morgan fingerprint density at radius 2 is 1.89 bits per heavy atom. The number of nitrogens with one attached hydrogen (secondary N) is 1. The Morgan fingerprint density at radius 1 is 1.16 bits per heavy atom. The van der Waals surface area contributed by atoms with E-state index in [0.29, 0.717) is 5.75 Å². The van der Waals surface area contributed by atoms with Gasteiger partial charge in [0.05, 0.1) is 7.11 Å². The number of ether oxygens (including phenoxy) is 1. The third-order valence-corrected chi connectivity index (χ3v) is 3.86. The first-order chi connectivity index (χ1) is 9.22. The molecule has 0 saturated heterocycles. The van der Waals surface area contributed by atoms with Crippen LogP contribution in [0.5, 0.6) is 5.75 Å². The summed E-state index contributed by atoms with van der Waals surface area (Å²) in [4.78, 5) is 0. The molecule has 0 amide bonds. The molecule has 3 nitrogen and oxygen atoms in total. The van der Waals surface area contributed by atoms with Crippen LogP contribution in [0.4, 0.5) is 0 Å². The first-order valence-corrected chi connectivity index (χ1v) is 8.00. The Morgan fingerprint density at radius 3 is 2.58 bits per heavy atom. The number of hydrogen-bond donors (Lipinski definition) is 1. The molecule has 0 aromatic heterocycles. The van der Waals surface area contributed by atoms with E-state index >= 15 is 0 Å². The average Bonchev–Trinajstić information content (AvgIpc) is 2.43. The molecule has 102 valence electrons. The van der Waals surface area contributed by atoms with E-state index in [-0.39, 0.29) is 0 Å². The van der Waals surface area contributed by atoms with Crippen LogP contribution in [0.3, 0.4) is 0 Å². The number of rotatable bonds is 6. The fourth-order valence-corrected chi connectivity index (χ4v) is 2.54. The van der Waals surface area contributed by atoms with Crippen LogP contribution in [-0.4, -0.2) is 29.9 Å². The van der Waals surface area contributed by atoms with Gasteiger partial charge in [-0.25, -0.2) is 0 Å². The Labute approximate surface area is 116 Å². The number of fused-ring (bicyclic) bond motifs is 1. The minimum Gasteiger partial charge on any atom is -0.496 e. The molecule has 0 aliphatic rings. The molecule has 1 atom stereocenters. The Bertz CT molecular complexity index is 583. The fourth-order valence-electron chi connectivity index (χ4n) is 2.10. The first-order valence-electron chi connectivity index (χ1n) is 6.27. The Balaban J connectivity index is 2.17. The van der Waals surface area contributed by atoms with E-state index in [2.05, 4.69) is 23.5 Å². The molecule has 4 heteroatoms. The highest BCUT2D eigenvalue weighted by Crippen LogP contribution is 2.28. The molecule has 0 aliphatic carbocycles. The lowest BCUT2D eigenvalue weighted by Crippen LogP contribution is -2.19. The summed E-state index contributed by atoms with van der Waals surface area (Å²) < 4.78 is 16.4. The van der Waals surface area contributed by atoms with Crippen LogP contribution in [0.2, 0.25) is 0 Å². The summed E-state index contributed by atoms with van der Waals surface area (Å²) in [5.41, 5.74) is 1.23. The van der Waals surface area contributed by atoms with Gasteiger partial charge in [0.2, 0.25) is 0 Å². The van der Waals surface area contributed by atoms with Crippen molar-refractivity contribution >= 4 is 21.6 Å². The third-order valence-electron chi connectivity index (χ3n) is 3.08. The molecular weight excluding hydrogens is 258 g/mol. The molecule has 0 saturated carbocycles. The van der Waals surface area contributed by atoms with E-state index < -0.39 is 10.8 Å². The Kier molecular flexibility index (Phi) is 4.93. The van der Waals surface area contributed by atoms with Crippen LogP contribution in [-0.2, 0) is 17.3 Å². The van der Waals surface area contributed by atoms with Crippen LogP contribution >= 0.6 is 0 Å². The quantitative estimate of drug-likeness (QED) is 0.824. The molecule has 0 heterocycles. The van der Waals surface area contributed by atoms with Crippen molar-refractivity contribution in [3.8, 4) is 5.75 Å². The summed E-state index contributed by atoms with van der Waals surface area (Å²) >= 11 is 0. The van der Waals surface area contributed by atoms with Gasteiger partial charge in [-0.3, -0.25) is 4.21 Å². The van der Waals surface area contributed by atoms with Gasteiger partial charge in [0.15, 0.2) is 0 Å². The van der Waals surface area contributed by atoms with Crippen LogP contribution in [0.1, 0.15) is 5.56 Å². The lowest BCUT2D eigenvalue weighted by molar-refractivity contribution is 0.419. The molecule has 2 aromatic carbocycles. The molecule has 19 heavy (non-hydrogen) atoms. The van der Waals surface area contributed by atoms with Gasteiger partial charge in [0, 0.05) is 41.3 Å². The van der Waals surface area contributed by atoms with Gasteiger partial charge in [0.1, 0.15) is 5.75 Å². The van der Waals surface area contributed by atoms with Crippen LogP contribution in [0.15, 0.2) is 36.4 Å². The average molecular weight is 277 g/mol. The maximum atomic E-state index is 11.0. The monoisotopic (exact) mass is 277 g/mol. The van der Waals surface area contributed by atoms with Crippen molar-refractivity contribution in [3.05, 3.63) is 42.0 Å².